The summed E-state index contributed by atoms with van der Waals surface area (Å²) >= 11 is 0. The lowest BCUT2D eigenvalue weighted by Crippen LogP contribution is -2.39. The molecule has 9 nitrogen and oxygen atoms in total. The van der Waals surface area contributed by atoms with Gasteiger partial charge in [0.05, 0.1) is 19.2 Å². The second kappa shape index (κ2) is 8.37. The Morgan fingerprint density at radius 2 is 1.93 bits per heavy atom. The van der Waals surface area contributed by atoms with E-state index < -0.39 is 0 Å². The topological polar surface area (TPSA) is 86.7 Å². The molecule has 0 radical (unpaired) electrons. The van der Waals surface area contributed by atoms with Gasteiger partial charge in [-0.1, -0.05) is 0 Å². The molecule has 0 unspecified atom stereocenters. The minimum absolute atomic E-state index is 0.227. The van der Waals surface area contributed by atoms with Gasteiger partial charge in [0, 0.05) is 63.8 Å². The lowest BCUT2D eigenvalue weighted by Gasteiger charge is -2.32. The van der Waals surface area contributed by atoms with Crippen molar-refractivity contribution in [3.05, 3.63) is 49.1 Å². The molecule has 0 aromatic carbocycles. The number of nitrogens with zero attached hydrogens (tertiary/aromatic N) is 8. The van der Waals surface area contributed by atoms with E-state index >= 15 is 0 Å². The Hall–Kier alpha value is -2.97. The van der Waals surface area contributed by atoms with Gasteiger partial charge in [0.25, 0.3) is 0 Å². The Kier molecular flexibility index (Phi) is 5.50. The molecule has 0 N–H and O–H groups in total. The summed E-state index contributed by atoms with van der Waals surface area (Å²) in [6, 6.07) is 0. The second-order valence-corrected chi connectivity index (χ2v) is 7.35. The zero-order valence-corrected chi connectivity index (χ0v) is 16.2. The maximum atomic E-state index is 12.7. The van der Waals surface area contributed by atoms with Gasteiger partial charge in [0.1, 0.15) is 5.82 Å². The number of carbonyl (C=O) groups excluding carboxylic acids is 1. The van der Waals surface area contributed by atoms with E-state index in [1.165, 1.54) is 0 Å². The summed E-state index contributed by atoms with van der Waals surface area (Å²) in [6.07, 6.45) is 14.4. The quantitative estimate of drug-likeness (QED) is 0.617. The molecule has 1 fully saturated rings. The summed E-state index contributed by atoms with van der Waals surface area (Å²) < 4.78 is 6.05. The summed E-state index contributed by atoms with van der Waals surface area (Å²) in [6.45, 7) is 3.03. The first-order chi connectivity index (χ1) is 13.7. The molecule has 0 aliphatic carbocycles. The van der Waals surface area contributed by atoms with Crippen molar-refractivity contribution in [1.29, 1.82) is 0 Å². The number of aryl methyl sites for hydroxylation is 1. The Labute approximate surface area is 164 Å². The third-order valence-corrected chi connectivity index (χ3v) is 5.39. The van der Waals surface area contributed by atoms with Crippen molar-refractivity contribution >= 4 is 5.91 Å². The van der Waals surface area contributed by atoms with Gasteiger partial charge in [-0.25, -0.2) is 9.97 Å². The number of hydrogen-bond donors (Lipinski definition) is 0. The Balaban J connectivity index is 1.34. The first kappa shape index (κ1) is 18.4. The largest absolute Gasteiger partial charge is 0.342 e. The molecule has 0 saturated carbocycles. The van der Waals surface area contributed by atoms with Crippen LogP contribution in [0.4, 0.5) is 0 Å². The highest BCUT2D eigenvalue weighted by molar-refractivity contribution is 5.76. The van der Waals surface area contributed by atoms with Crippen LogP contribution in [0.1, 0.15) is 43.3 Å². The van der Waals surface area contributed by atoms with Crippen LogP contribution in [-0.2, 0) is 24.9 Å². The van der Waals surface area contributed by atoms with Gasteiger partial charge in [0.2, 0.25) is 5.91 Å². The van der Waals surface area contributed by atoms with Gasteiger partial charge in [-0.3, -0.25) is 4.79 Å². The molecule has 1 aliphatic heterocycles. The highest BCUT2D eigenvalue weighted by Gasteiger charge is 2.28. The normalized spacial score (nSPS) is 17.2. The fourth-order valence-corrected chi connectivity index (χ4v) is 3.82. The van der Waals surface area contributed by atoms with E-state index in [2.05, 4.69) is 24.7 Å². The number of carbonyl (C=O) groups is 1. The summed E-state index contributed by atoms with van der Waals surface area (Å²) in [5.41, 5.74) is 0. The smallest absolute Gasteiger partial charge is 0.222 e. The lowest BCUT2D eigenvalue weighted by molar-refractivity contribution is -0.132. The molecule has 9 heteroatoms. The van der Waals surface area contributed by atoms with Crippen molar-refractivity contribution in [3.63, 3.8) is 0 Å². The van der Waals surface area contributed by atoms with E-state index in [-0.39, 0.29) is 11.8 Å². The molecule has 1 aliphatic rings. The van der Waals surface area contributed by atoms with Crippen LogP contribution in [0.3, 0.4) is 0 Å². The molecule has 4 rings (SSSR count). The number of rotatable bonds is 7. The summed E-state index contributed by atoms with van der Waals surface area (Å²) in [7, 11) is 2.01. The van der Waals surface area contributed by atoms with Crippen molar-refractivity contribution in [2.75, 3.05) is 13.1 Å². The van der Waals surface area contributed by atoms with E-state index in [1.54, 1.807) is 25.0 Å². The molecule has 148 valence electrons. The predicted octanol–water partition coefficient (Wildman–Crippen LogP) is 1.44. The third-order valence-electron chi connectivity index (χ3n) is 5.39. The van der Waals surface area contributed by atoms with Crippen LogP contribution in [0.25, 0.3) is 0 Å². The molecule has 4 heterocycles. The molecule has 0 spiro atoms. The molecule has 1 atom stereocenters. The summed E-state index contributed by atoms with van der Waals surface area (Å²) in [4.78, 5) is 22.8. The summed E-state index contributed by atoms with van der Waals surface area (Å²) in [5.74, 6) is 2.33. The monoisotopic (exact) mass is 382 g/mol. The fourth-order valence-electron chi connectivity index (χ4n) is 3.82. The Bertz CT molecular complexity index is 883. The predicted molar refractivity (Wildman–Crippen MR) is 102 cm³/mol. The lowest BCUT2D eigenvalue weighted by atomic mass is 9.96. The Morgan fingerprint density at radius 1 is 1.14 bits per heavy atom. The maximum Gasteiger partial charge on any atom is 0.222 e. The minimum Gasteiger partial charge on any atom is -0.342 e. The van der Waals surface area contributed by atoms with Gasteiger partial charge < -0.3 is 18.6 Å². The van der Waals surface area contributed by atoms with Crippen molar-refractivity contribution in [1.82, 2.24) is 38.8 Å². The van der Waals surface area contributed by atoms with Crippen LogP contribution in [0.2, 0.25) is 0 Å². The van der Waals surface area contributed by atoms with Crippen LogP contribution >= 0.6 is 0 Å². The van der Waals surface area contributed by atoms with Gasteiger partial charge >= 0.3 is 0 Å². The Morgan fingerprint density at radius 3 is 2.68 bits per heavy atom. The highest BCUT2D eigenvalue weighted by Crippen LogP contribution is 2.26. The number of aromatic nitrogens is 7. The second-order valence-electron chi connectivity index (χ2n) is 7.35. The van der Waals surface area contributed by atoms with Crippen molar-refractivity contribution in [2.45, 2.75) is 44.7 Å². The number of likely N-dealkylation sites (tertiary alicyclic amines) is 1. The first-order valence-electron chi connectivity index (χ1n) is 9.78. The van der Waals surface area contributed by atoms with Crippen LogP contribution < -0.4 is 0 Å². The van der Waals surface area contributed by atoms with E-state index in [0.29, 0.717) is 13.0 Å². The number of hydrogen-bond acceptors (Lipinski definition) is 5. The molecular formula is C19H26N8O. The zero-order chi connectivity index (χ0) is 19.3. The van der Waals surface area contributed by atoms with E-state index in [1.807, 2.05) is 33.5 Å². The van der Waals surface area contributed by atoms with Gasteiger partial charge in [0.15, 0.2) is 5.82 Å². The van der Waals surface area contributed by atoms with E-state index in [0.717, 1.165) is 50.5 Å². The number of imidazole rings is 2. The molecule has 1 saturated heterocycles. The van der Waals surface area contributed by atoms with Crippen LogP contribution in [0.5, 0.6) is 0 Å². The fraction of sp³-hybridized carbons (Fsp3) is 0.526. The van der Waals surface area contributed by atoms with Gasteiger partial charge in [-0.2, -0.15) is 0 Å². The molecule has 0 bridgehead atoms. The van der Waals surface area contributed by atoms with Gasteiger partial charge in [-0.15, -0.1) is 10.2 Å². The number of piperidine rings is 1. The summed E-state index contributed by atoms with van der Waals surface area (Å²) in [5, 5.41) is 8.81. The van der Waals surface area contributed by atoms with Crippen LogP contribution in [-0.4, -0.2) is 57.8 Å². The van der Waals surface area contributed by atoms with Crippen molar-refractivity contribution in [3.8, 4) is 0 Å². The minimum atomic E-state index is 0.227. The molecule has 1 amide bonds. The van der Waals surface area contributed by atoms with E-state index in [4.69, 9.17) is 0 Å². The van der Waals surface area contributed by atoms with Crippen molar-refractivity contribution in [2.24, 2.45) is 7.05 Å². The third kappa shape index (κ3) is 4.13. The zero-order valence-electron chi connectivity index (χ0n) is 16.2. The maximum absolute atomic E-state index is 12.7. The first-order valence-corrected chi connectivity index (χ1v) is 9.78. The van der Waals surface area contributed by atoms with Crippen molar-refractivity contribution < 1.29 is 4.79 Å². The number of amides is 1. The molecule has 3 aromatic heterocycles. The SMILES string of the molecule is Cn1c(Cn2ccnc2)nnc1[C@@H]1CCCN(C(=O)CCCn2ccnc2)C1. The molecule has 3 aromatic rings. The van der Waals surface area contributed by atoms with Crippen LogP contribution in [0.15, 0.2) is 37.4 Å². The highest BCUT2D eigenvalue weighted by atomic mass is 16.2. The standard InChI is InChI=1S/C19H26N8O/c1-24-17(13-26-11-7-21-15-26)22-23-19(24)16-4-2-9-27(12-16)18(28)5-3-8-25-10-6-20-14-25/h6-7,10-11,14-16H,2-5,8-9,12-13H2,1H3/t16-/m1/s1. The average Bonchev–Trinajstić information content (AvgIpc) is 3.46. The molecule has 28 heavy (non-hydrogen) atoms. The van der Waals surface area contributed by atoms with Gasteiger partial charge in [-0.05, 0) is 19.3 Å². The van der Waals surface area contributed by atoms with E-state index in [9.17, 15) is 4.79 Å². The average molecular weight is 382 g/mol. The van der Waals surface area contributed by atoms with Crippen LogP contribution in [0, 0.1) is 0 Å². The molecular weight excluding hydrogens is 356 g/mol.